The number of nitrogens with two attached hydrogens (primary N) is 1. The number of hydrogen-bond acceptors (Lipinski definition) is 3. The third kappa shape index (κ3) is 3.77. The summed E-state index contributed by atoms with van der Waals surface area (Å²) in [5, 5.41) is 0. The van der Waals surface area contributed by atoms with Crippen LogP contribution in [0.5, 0.6) is 5.75 Å². The van der Waals surface area contributed by atoms with Gasteiger partial charge in [-0.3, -0.25) is 11.3 Å². The van der Waals surface area contributed by atoms with Crippen molar-refractivity contribution < 1.29 is 4.74 Å². The first kappa shape index (κ1) is 11.0. The molecule has 0 bridgehead atoms. The van der Waals surface area contributed by atoms with Gasteiger partial charge in [-0.1, -0.05) is 6.07 Å². The van der Waals surface area contributed by atoms with Crippen molar-refractivity contribution in [1.82, 2.24) is 5.43 Å². The molecule has 0 heterocycles. The number of aryl methyl sites for hydroxylation is 2. The maximum absolute atomic E-state index is 5.57. The maximum atomic E-state index is 5.57. The molecular formula is C11H18N2O. The Labute approximate surface area is 85.2 Å². The van der Waals surface area contributed by atoms with Crippen molar-refractivity contribution in [3.8, 4) is 5.75 Å². The average Bonchev–Trinajstić information content (AvgIpc) is 2.11. The number of hydrazine groups is 1. The van der Waals surface area contributed by atoms with Gasteiger partial charge in [-0.2, -0.15) is 0 Å². The highest BCUT2D eigenvalue weighted by Gasteiger charge is 1.96. The first-order valence-electron chi connectivity index (χ1n) is 4.87. The molecule has 0 unspecified atom stereocenters. The molecular weight excluding hydrogens is 176 g/mol. The second kappa shape index (κ2) is 5.62. The molecule has 3 N–H and O–H groups in total. The van der Waals surface area contributed by atoms with E-state index in [1.807, 2.05) is 12.1 Å². The zero-order valence-electron chi connectivity index (χ0n) is 8.84. The van der Waals surface area contributed by atoms with Crippen molar-refractivity contribution in [3.63, 3.8) is 0 Å². The number of benzene rings is 1. The molecule has 1 aromatic rings. The molecule has 0 saturated carbocycles. The SMILES string of the molecule is Cc1cc(C)cc(OCCCNN)c1. The lowest BCUT2D eigenvalue weighted by atomic mass is 10.1. The van der Waals surface area contributed by atoms with Crippen molar-refractivity contribution in [2.24, 2.45) is 5.84 Å². The van der Waals surface area contributed by atoms with Gasteiger partial charge in [0, 0.05) is 6.54 Å². The van der Waals surface area contributed by atoms with Crippen LogP contribution in [0, 0.1) is 13.8 Å². The Morgan fingerprint density at radius 1 is 1.21 bits per heavy atom. The van der Waals surface area contributed by atoms with Crippen molar-refractivity contribution in [1.29, 1.82) is 0 Å². The Bertz CT molecular complexity index is 266. The Morgan fingerprint density at radius 2 is 1.86 bits per heavy atom. The molecule has 3 heteroatoms. The lowest BCUT2D eigenvalue weighted by molar-refractivity contribution is 0.308. The van der Waals surface area contributed by atoms with Crippen LogP contribution in [-0.2, 0) is 0 Å². The summed E-state index contributed by atoms with van der Waals surface area (Å²) >= 11 is 0. The van der Waals surface area contributed by atoms with Crippen molar-refractivity contribution in [2.45, 2.75) is 20.3 Å². The number of ether oxygens (including phenoxy) is 1. The van der Waals surface area contributed by atoms with Crippen LogP contribution < -0.4 is 16.0 Å². The molecule has 0 amide bonds. The fraction of sp³-hybridized carbons (Fsp3) is 0.455. The molecule has 0 aliphatic heterocycles. The fourth-order valence-electron chi connectivity index (χ4n) is 1.38. The average molecular weight is 194 g/mol. The van der Waals surface area contributed by atoms with Gasteiger partial charge in [-0.15, -0.1) is 0 Å². The summed E-state index contributed by atoms with van der Waals surface area (Å²) in [7, 11) is 0. The summed E-state index contributed by atoms with van der Waals surface area (Å²) in [6.45, 7) is 5.63. The molecule has 0 atom stereocenters. The summed E-state index contributed by atoms with van der Waals surface area (Å²) in [4.78, 5) is 0. The van der Waals surface area contributed by atoms with E-state index < -0.39 is 0 Å². The molecule has 0 saturated heterocycles. The predicted octanol–water partition coefficient (Wildman–Crippen LogP) is 1.54. The van der Waals surface area contributed by atoms with Crippen LogP contribution in [0.1, 0.15) is 17.5 Å². The van der Waals surface area contributed by atoms with E-state index in [1.54, 1.807) is 0 Å². The summed E-state index contributed by atoms with van der Waals surface area (Å²) in [6, 6.07) is 6.22. The van der Waals surface area contributed by atoms with Gasteiger partial charge in [0.1, 0.15) is 5.75 Å². The van der Waals surface area contributed by atoms with Gasteiger partial charge in [-0.05, 0) is 43.5 Å². The van der Waals surface area contributed by atoms with E-state index in [-0.39, 0.29) is 0 Å². The quantitative estimate of drug-likeness (QED) is 0.424. The third-order valence-electron chi connectivity index (χ3n) is 1.93. The Hall–Kier alpha value is -1.06. The zero-order chi connectivity index (χ0) is 10.4. The topological polar surface area (TPSA) is 47.3 Å². The van der Waals surface area contributed by atoms with E-state index in [4.69, 9.17) is 10.6 Å². The van der Waals surface area contributed by atoms with Crippen LogP contribution in [0.3, 0.4) is 0 Å². The monoisotopic (exact) mass is 194 g/mol. The highest BCUT2D eigenvalue weighted by atomic mass is 16.5. The maximum Gasteiger partial charge on any atom is 0.119 e. The molecule has 78 valence electrons. The van der Waals surface area contributed by atoms with E-state index in [0.29, 0.717) is 6.61 Å². The van der Waals surface area contributed by atoms with Gasteiger partial charge in [0.15, 0.2) is 0 Å². The molecule has 0 fully saturated rings. The summed E-state index contributed by atoms with van der Waals surface area (Å²) in [6.07, 6.45) is 0.920. The standard InChI is InChI=1S/C11H18N2O/c1-9-6-10(2)8-11(7-9)14-5-3-4-13-12/h6-8,13H,3-5,12H2,1-2H3. The normalized spacial score (nSPS) is 10.2. The molecule has 0 aromatic heterocycles. The third-order valence-corrected chi connectivity index (χ3v) is 1.93. The molecule has 14 heavy (non-hydrogen) atoms. The fourth-order valence-corrected chi connectivity index (χ4v) is 1.38. The van der Waals surface area contributed by atoms with E-state index in [9.17, 15) is 0 Å². The zero-order valence-corrected chi connectivity index (χ0v) is 8.84. The van der Waals surface area contributed by atoms with Crippen LogP contribution >= 0.6 is 0 Å². The minimum Gasteiger partial charge on any atom is -0.494 e. The number of hydrogen-bond donors (Lipinski definition) is 2. The first-order chi connectivity index (χ1) is 6.72. The summed E-state index contributed by atoms with van der Waals surface area (Å²) < 4.78 is 5.57. The van der Waals surface area contributed by atoms with Crippen molar-refractivity contribution >= 4 is 0 Å². The van der Waals surface area contributed by atoms with E-state index in [1.165, 1.54) is 11.1 Å². The summed E-state index contributed by atoms with van der Waals surface area (Å²) in [5.74, 6) is 6.09. The van der Waals surface area contributed by atoms with Gasteiger partial charge in [-0.25, -0.2) is 0 Å². The van der Waals surface area contributed by atoms with Crippen LogP contribution in [0.2, 0.25) is 0 Å². The van der Waals surface area contributed by atoms with Crippen LogP contribution in [-0.4, -0.2) is 13.2 Å². The molecule has 1 aromatic carbocycles. The lowest BCUT2D eigenvalue weighted by Gasteiger charge is -2.07. The van der Waals surface area contributed by atoms with Crippen LogP contribution in [0.15, 0.2) is 18.2 Å². The van der Waals surface area contributed by atoms with E-state index in [2.05, 4.69) is 25.3 Å². The Balaban J connectivity index is 2.42. The highest BCUT2D eigenvalue weighted by molar-refractivity contribution is 5.32. The van der Waals surface area contributed by atoms with Gasteiger partial charge >= 0.3 is 0 Å². The number of rotatable bonds is 5. The molecule has 0 aliphatic rings. The Kier molecular flexibility index (Phi) is 4.43. The predicted molar refractivity (Wildman–Crippen MR) is 58.2 cm³/mol. The lowest BCUT2D eigenvalue weighted by Crippen LogP contribution is -2.24. The van der Waals surface area contributed by atoms with Gasteiger partial charge < -0.3 is 4.74 Å². The highest BCUT2D eigenvalue weighted by Crippen LogP contribution is 2.16. The molecule has 3 nitrogen and oxygen atoms in total. The minimum absolute atomic E-state index is 0.701. The van der Waals surface area contributed by atoms with Crippen LogP contribution in [0.25, 0.3) is 0 Å². The second-order valence-electron chi connectivity index (χ2n) is 3.48. The van der Waals surface area contributed by atoms with Crippen LogP contribution in [0.4, 0.5) is 0 Å². The minimum atomic E-state index is 0.701. The van der Waals surface area contributed by atoms with Gasteiger partial charge in [0.2, 0.25) is 0 Å². The van der Waals surface area contributed by atoms with E-state index >= 15 is 0 Å². The van der Waals surface area contributed by atoms with Crippen molar-refractivity contribution in [3.05, 3.63) is 29.3 Å². The Morgan fingerprint density at radius 3 is 2.43 bits per heavy atom. The second-order valence-corrected chi connectivity index (χ2v) is 3.48. The van der Waals surface area contributed by atoms with Crippen molar-refractivity contribution in [2.75, 3.05) is 13.2 Å². The largest absolute Gasteiger partial charge is 0.494 e. The first-order valence-corrected chi connectivity index (χ1v) is 4.87. The molecule has 0 aliphatic carbocycles. The van der Waals surface area contributed by atoms with Gasteiger partial charge in [0.05, 0.1) is 6.61 Å². The molecule has 0 spiro atoms. The molecule has 1 rings (SSSR count). The van der Waals surface area contributed by atoms with Gasteiger partial charge in [0.25, 0.3) is 0 Å². The summed E-state index contributed by atoms with van der Waals surface area (Å²) in [5.41, 5.74) is 5.06. The van der Waals surface area contributed by atoms with E-state index in [0.717, 1.165) is 18.7 Å². The number of nitrogens with one attached hydrogen (secondary N) is 1. The molecule has 0 radical (unpaired) electrons. The smallest absolute Gasteiger partial charge is 0.119 e.